The van der Waals surface area contributed by atoms with E-state index in [1.807, 2.05) is 38.1 Å². The zero-order chi connectivity index (χ0) is 18.4. The molecule has 0 heterocycles. The van der Waals surface area contributed by atoms with E-state index in [4.69, 9.17) is 9.47 Å². The highest BCUT2D eigenvalue weighted by atomic mass is 32.2. The fourth-order valence-corrected chi connectivity index (χ4v) is 3.39. The van der Waals surface area contributed by atoms with E-state index in [9.17, 15) is 13.0 Å². The lowest BCUT2D eigenvalue weighted by Crippen LogP contribution is -2.05. The van der Waals surface area contributed by atoms with Gasteiger partial charge in [-0.1, -0.05) is 42.0 Å². The maximum Gasteiger partial charge on any atom is 0.294 e. The van der Waals surface area contributed by atoms with Gasteiger partial charge in [0.2, 0.25) is 0 Å². The Morgan fingerprint density at radius 2 is 1.76 bits per heavy atom. The van der Waals surface area contributed by atoms with E-state index in [0.717, 1.165) is 16.7 Å². The predicted molar refractivity (Wildman–Crippen MR) is 96.2 cm³/mol. The summed E-state index contributed by atoms with van der Waals surface area (Å²) in [6.45, 7) is 4.10. The number of methoxy groups -OCH3 is 1. The molecule has 25 heavy (non-hydrogen) atoms. The quantitative estimate of drug-likeness (QED) is 0.571. The number of hydrogen-bond donors (Lipinski definition) is 1. The summed E-state index contributed by atoms with van der Waals surface area (Å²) in [5, 5.41) is 0. The molecule has 2 aromatic carbocycles. The van der Waals surface area contributed by atoms with Crippen LogP contribution >= 0.6 is 0 Å². The van der Waals surface area contributed by atoms with Crippen LogP contribution in [0, 0.1) is 6.92 Å². The van der Waals surface area contributed by atoms with Gasteiger partial charge in [0.05, 0.1) is 11.0 Å². The van der Waals surface area contributed by atoms with Gasteiger partial charge < -0.3 is 9.47 Å². The molecule has 0 fully saturated rings. The Hall–Kier alpha value is -1.73. The van der Waals surface area contributed by atoms with E-state index in [-0.39, 0.29) is 17.8 Å². The van der Waals surface area contributed by atoms with Crippen molar-refractivity contribution >= 4 is 10.1 Å². The van der Waals surface area contributed by atoms with Crippen LogP contribution in [0.1, 0.15) is 35.3 Å². The molecule has 0 aromatic heterocycles. The molecule has 0 spiro atoms. The largest absolute Gasteiger partial charge is 0.359 e. The minimum atomic E-state index is -4.21. The highest BCUT2D eigenvalue weighted by molar-refractivity contribution is 7.85. The van der Waals surface area contributed by atoms with Crippen LogP contribution in [0.25, 0.3) is 0 Å². The lowest BCUT2D eigenvalue weighted by atomic mass is 10.0. The minimum Gasteiger partial charge on any atom is -0.359 e. The van der Waals surface area contributed by atoms with Crippen molar-refractivity contribution in [2.24, 2.45) is 0 Å². The molecular weight excluding hydrogens is 340 g/mol. The second-order valence-corrected chi connectivity index (χ2v) is 7.43. The Bertz CT molecular complexity index is 797. The number of hydrogen-bond acceptors (Lipinski definition) is 4. The van der Waals surface area contributed by atoms with Crippen molar-refractivity contribution in [3.63, 3.8) is 0 Å². The first-order chi connectivity index (χ1) is 11.8. The maximum atomic E-state index is 11.5. The molecular formula is C19H24O5S. The molecule has 0 radical (unpaired) electrons. The summed E-state index contributed by atoms with van der Waals surface area (Å²) in [5.41, 5.74) is 3.73. The normalized spacial score (nSPS) is 13.0. The predicted octanol–water partition coefficient (Wildman–Crippen LogP) is 3.71. The summed E-state index contributed by atoms with van der Waals surface area (Å²) in [7, 11) is -2.62. The van der Waals surface area contributed by atoms with Crippen LogP contribution in [-0.2, 0) is 32.4 Å². The van der Waals surface area contributed by atoms with Gasteiger partial charge in [-0.05, 0) is 49.4 Å². The molecule has 0 amide bonds. The Labute approximate surface area is 149 Å². The third kappa shape index (κ3) is 5.64. The highest BCUT2D eigenvalue weighted by Gasteiger charge is 2.15. The second-order valence-electron chi connectivity index (χ2n) is 6.04. The van der Waals surface area contributed by atoms with E-state index in [1.165, 1.54) is 6.07 Å². The van der Waals surface area contributed by atoms with Crippen molar-refractivity contribution in [1.29, 1.82) is 0 Å². The Kier molecular flexibility index (Phi) is 6.72. The van der Waals surface area contributed by atoms with Gasteiger partial charge in [0.1, 0.15) is 6.79 Å². The molecule has 1 unspecified atom stereocenters. The molecule has 0 aliphatic heterocycles. The summed E-state index contributed by atoms with van der Waals surface area (Å²) >= 11 is 0. The number of aryl methyl sites for hydroxylation is 3. The second kappa shape index (κ2) is 8.58. The summed E-state index contributed by atoms with van der Waals surface area (Å²) in [6, 6.07) is 12.9. The Balaban J connectivity index is 2.08. The van der Waals surface area contributed by atoms with E-state index in [0.29, 0.717) is 18.4 Å². The van der Waals surface area contributed by atoms with Crippen LogP contribution in [0.15, 0.2) is 47.4 Å². The van der Waals surface area contributed by atoms with Gasteiger partial charge in [0.15, 0.2) is 0 Å². The molecule has 0 saturated carbocycles. The van der Waals surface area contributed by atoms with Gasteiger partial charge in [-0.3, -0.25) is 4.55 Å². The lowest BCUT2D eigenvalue weighted by molar-refractivity contribution is -0.0666. The minimum absolute atomic E-state index is 0.0173. The standard InChI is InChI=1S/C19H24O5S/c1-14-4-11-19(25(20,21)22)18(12-14)10-7-16-5-8-17(9-6-16)15(2)24-13-23-3/h4-6,8-9,11-12,15H,7,10,13H2,1-3H3,(H,20,21,22). The first-order valence-electron chi connectivity index (χ1n) is 8.07. The fourth-order valence-electron chi connectivity index (χ4n) is 2.66. The number of rotatable bonds is 8. The van der Waals surface area contributed by atoms with Gasteiger partial charge >= 0.3 is 0 Å². The molecule has 0 bridgehead atoms. The molecule has 2 aromatic rings. The van der Waals surface area contributed by atoms with E-state index >= 15 is 0 Å². The van der Waals surface area contributed by atoms with Crippen LogP contribution in [0.5, 0.6) is 0 Å². The van der Waals surface area contributed by atoms with Gasteiger partial charge in [-0.25, -0.2) is 0 Å². The smallest absolute Gasteiger partial charge is 0.294 e. The van der Waals surface area contributed by atoms with Crippen molar-refractivity contribution in [2.75, 3.05) is 13.9 Å². The molecule has 0 aliphatic carbocycles. The van der Waals surface area contributed by atoms with Crippen molar-refractivity contribution in [3.8, 4) is 0 Å². The number of benzene rings is 2. The van der Waals surface area contributed by atoms with Crippen LogP contribution < -0.4 is 0 Å². The van der Waals surface area contributed by atoms with E-state index < -0.39 is 10.1 Å². The summed E-state index contributed by atoms with van der Waals surface area (Å²) < 4.78 is 42.8. The van der Waals surface area contributed by atoms with Gasteiger partial charge in [-0.15, -0.1) is 0 Å². The lowest BCUT2D eigenvalue weighted by Gasteiger charge is -2.13. The first-order valence-corrected chi connectivity index (χ1v) is 9.51. The Morgan fingerprint density at radius 3 is 2.36 bits per heavy atom. The van der Waals surface area contributed by atoms with Crippen LogP contribution in [0.3, 0.4) is 0 Å². The molecule has 1 N–H and O–H groups in total. The molecule has 136 valence electrons. The highest BCUT2D eigenvalue weighted by Crippen LogP contribution is 2.21. The van der Waals surface area contributed by atoms with E-state index in [2.05, 4.69) is 0 Å². The average molecular weight is 364 g/mol. The van der Waals surface area contributed by atoms with Gasteiger partial charge in [-0.2, -0.15) is 8.42 Å². The first kappa shape index (κ1) is 19.6. The number of ether oxygens (including phenoxy) is 2. The summed E-state index contributed by atoms with van der Waals surface area (Å²) in [5.74, 6) is 0. The molecule has 6 heteroatoms. The van der Waals surface area contributed by atoms with Crippen molar-refractivity contribution in [3.05, 3.63) is 64.7 Å². The molecule has 0 aliphatic rings. The van der Waals surface area contributed by atoms with Crippen molar-refractivity contribution < 1.29 is 22.4 Å². The molecule has 2 rings (SSSR count). The Morgan fingerprint density at radius 1 is 1.08 bits per heavy atom. The van der Waals surface area contributed by atoms with Gasteiger partial charge in [0, 0.05) is 7.11 Å². The molecule has 5 nitrogen and oxygen atoms in total. The summed E-state index contributed by atoms with van der Waals surface area (Å²) in [4.78, 5) is -0.0173. The monoisotopic (exact) mass is 364 g/mol. The molecule has 0 saturated heterocycles. The van der Waals surface area contributed by atoms with Crippen LogP contribution in [0.4, 0.5) is 0 Å². The van der Waals surface area contributed by atoms with Crippen molar-refractivity contribution in [2.45, 2.75) is 37.7 Å². The third-order valence-corrected chi connectivity index (χ3v) is 5.02. The zero-order valence-corrected chi connectivity index (χ0v) is 15.5. The third-order valence-electron chi connectivity index (χ3n) is 4.06. The summed E-state index contributed by atoms with van der Waals surface area (Å²) in [6.07, 6.45) is 1.16. The SMILES string of the molecule is COCOC(C)c1ccc(CCc2cc(C)ccc2S(=O)(=O)O)cc1. The fraction of sp³-hybridized carbons (Fsp3) is 0.368. The van der Waals surface area contributed by atoms with Crippen LogP contribution in [0.2, 0.25) is 0 Å². The average Bonchev–Trinajstić information content (AvgIpc) is 2.57. The van der Waals surface area contributed by atoms with Gasteiger partial charge in [0.25, 0.3) is 10.1 Å². The zero-order valence-electron chi connectivity index (χ0n) is 14.7. The van der Waals surface area contributed by atoms with Crippen molar-refractivity contribution in [1.82, 2.24) is 0 Å². The van der Waals surface area contributed by atoms with E-state index in [1.54, 1.807) is 19.2 Å². The topological polar surface area (TPSA) is 72.8 Å². The maximum absolute atomic E-state index is 11.5. The van der Waals surface area contributed by atoms with Crippen LogP contribution in [-0.4, -0.2) is 26.9 Å². The molecule has 1 atom stereocenters.